The highest BCUT2D eigenvalue weighted by Gasteiger charge is 2.31. The molecule has 0 saturated carbocycles. The molecule has 1 aromatic rings. The Morgan fingerprint density at radius 1 is 1.31 bits per heavy atom. The minimum atomic E-state index is 0.0581. The van der Waals surface area contributed by atoms with E-state index in [0.29, 0.717) is 12.5 Å². The SMILES string of the molecule is Cc1ccc2c(c1)CCC(C(C)(C)CO)C2. The second-order valence-corrected chi connectivity index (χ2v) is 5.86. The average Bonchev–Trinajstić information content (AvgIpc) is 2.28. The lowest BCUT2D eigenvalue weighted by Crippen LogP contribution is -2.32. The predicted molar refractivity (Wildman–Crippen MR) is 67.6 cm³/mol. The molecule has 0 fully saturated rings. The Hall–Kier alpha value is -0.820. The number of rotatable bonds is 2. The van der Waals surface area contributed by atoms with Gasteiger partial charge >= 0.3 is 0 Å². The monoisotopic (exact) mass is 218 g/mol. The highest BCUT2D eigenvalue weighted by molar-refractivity contribution is 5.33. The standard InChI is InChI=1S/C15H22O/c1-11-4-5-13-9-14(15(2,3)10-16)7-6-12(13)8-11/h4-5,8,14,16H,6-7,9-10H2,1-3H3. The molecule has 0 heterocycles. The van der Waals surface area contributed by atoms with E-state index >= 15 is 0 Å². The largest absolute Gasteiger partial charge is 0.396 e. The molecule has 0 saturated heterocycles. The molecule has 1 nitrogen and oxygen atoms in total. The van der Waals surface area contributed by atoms with Gasteiger partial charge in [-0.3, -0.25) is 0 Å². The molecule has 1 aliphatic carbocycles. The zero-order valence-corrected chi connectivity index (χ0v) is 10.6. The minimum Gasteiger partial charge on any atom is -0.396 e. The smallest absolute Gasteiger partial charge is 0.0484 e. The van der Waals surface area contributed by atoms with Gasteiger partial charge in [0, 0.05) is 6.61 Å². The van der Waals surface area contributed by atoms with Crippen LogP contribution in [0.3, 0.4) is 0 Å². The Bertz CT molecular complexity index is 379. The van der Waals surface area contributed by atoms with E-state index in [-0.39, 0.29) is 5.41 Å². The van der Waals surface area contributed by atoms with E-state index in [1.807, 2.05) is 0 Å². The first-order chi connectivity index (χ1) is 7.53. The van der Waals surface area contributed by atoms with E-state index in [1.54, 1.807) is 0 Å². The van der Waals surface area contributed by atoms with Crippen molar-refractivity contribution in [1.82, 2.24) is 0 Å². The summed E-state index contributed by atoms with van der Waals surface area (Å²) in [6.07, 6.45) is 3.51. The van der Waals surface area contributed by atoms with Crippen molar-refractivity contribution in [2.45, 2.75) is 40.0 Å². The Balaban J connectivity index is 2.21. The zero-order chi connectivity index (χ0) is 11.8. The Morgan fingerprint density at radius 2 is 2.06 bits per heavy atom. The van der Waals surface area contributed by atoms with Gasteiger partial charge in [-0.25, -0.2) is 0 Å². The first-order valence-electron chi connectivity index (χ1n) is 6.22. The first kappa shape index (κ1) is 11.7. The molecule has 1 heteroatoms. The van der Waals surface area contributed by atoms with E-state index in [0.717, 1.165) is 6.42 Å². The van der Waals surface area contributed by atoms with Crippen molar-refractivity contribution < 1.29 is 5.11 Å². The maximum atomic E-state index is 9.44. The first-order valence-corrected chi connectivity index (χ1v) is 6.22. The highest BCUT2D eigenvalue weighted by Crippen LogP contribution is 2.37. The Morgan fingerprint density at radius 3 is 2.75 bits per heavy atom. The summed E-state index contributed by atoms with van der Waals surface area (Å²) in [5, 5.41) is 9.44. The molecule has 0 radical (unpaired) electrons. The maximum absolute atomic E-state index is 9.44. The second kappa shape index (κ2) is 4.21. The summed E-state index contributed by atoms with van der Waals surface area (Å²) < 4.78 is 0. The van der Waals surface area contributed by atoms with Gasteiger partial charge in [0.15, 0.2) is 0 Å². The van der Waals surface area contributed by atoms with Crippen LogP contribution in [0.4, 0.5) is 0 Å². The molecule has 0 bridgehead atoms. The van der Waals surface area contributed by atoms with Crippen molar-refractivity contribution in [3.8, 4) is 0 Å². The number of hydrogen-bond donors (Lipinski definition) is 1. The van der Waals surface area contributed by atoms with Crippen LogP contribution in [0.2, 0.25) is 0 Å². The molecule has 0 aliphatic heterocycles. The lowest BCUT2D eigenvalue weighted by atomic mass is 9.70. The van der Waals surface area contributed by atoms with Crippen molar-refractivity contribution in [2.24, 2.45) is 11.3 Å². The second-order valence-electron chi connectivity index (χ2n) is 5.86. The fourth-order valence-electron chi connectivity index (χ4n) is 2.68. The molecule has 1 unspecified atom stereocenters. The van der Waals surface area contributed by atoms with Gasteiger partial charge in [-0.2, -0.15) is 0 Å². The van der Waals surface area contributed by atoms with Crippen LogP contribution >= 0.6 is 0 Å². The lowest BCUT2D eigenvalue weighted by Gasteiger charge is -2.36. The third-order valence-corrected chi connectivity index (χ3v) is 4.10. The van der Waals surface area contributed by atoms with Crippen molar-refractivity contribution in [1.29, 1.82) is 0 Å². The number of aliphatic hydroxyl groups is 1. The lowest BCUT2D eigenvalue weighted by molar-refractivity contribution is 0.0875. The van der Waals surface area contributed by atoms with Gasteiger partial charge < -0.3 is 5.11 Å². The summed E-state index contributed by atoms with van der Waals surface area (Å²) in [6, 6.07) is 6.79. The number of aryl methyl sites for hydroxylation is 2. The third-order valence-electron chi connectivity index (χ3n) is 4.10. The van der Waals surface area contributed by atoms with Crippen LogP contribution in [-0.2, 0) is 12.8 Å². The quantitative estimate of drug-likeness (QED) is 0.808. The Labute approximate surface area is 98.5 Å². The van der Waals surface area contributed by atoms with E-state index in [9.17, 15) is 5.11 Å². The molecule has 0 aromatic heterocycles. The summed E-state index contributed by atoms with van der Waals surface area (Å²) in [7, 11) is 0. The number of hydrogen-bond acceptors (Lipinski definition) is 1. The van der Waals surface area contributed by atoms with E-state index < -0.39 is 0 Å². The zero-order valence-electron chi connectivity index (χ0n) is 10.6. The van der Waals surface area contributed by atoms with Gasteiger partial charge in [0.1, 0.15) is 0 Å². The van der Waals surface area contributed by atoms with Gasteiger partial charge in [-0.15, -0.1) is 0 Å². The molecule has 0 amide bonds. The molecule has 2 rings (SSSR count). The average molecular weight is 218 g/mol. The van der Waals surface area contributed by atoms with Crippen molar-refractivity contribution >= 4 is 0 Å². The molecule has 1 atom stereocenters. The summed E-state index contributed by atoms with van der Waals surface area (Å²) in [6.45, 7) is 6.80. The molecule has 88 valence electrons. The highest BCUT2D eigenvalue weighted by atomic mass is 16.3. The van der Waals surface area contributed by atoms with Gasteiger partial charge in [0.05, 0.1) is 0 Å². The van der Waals surface area contributed by atoms with Crippen molar-refractivity contribution in [3.05, 3.63) is 34.9 Å². The van der Waals surface area contributed by atoms with E-state index in [1.165, 1.54) is 29.5 Å². The number of fused-ring (bicyclic) bond motifs is 1. The van der Waals surface area contributed by atoms with Crippen LogP contribution in [-0.4, -0.2) is 11.7 Å². The molecule has 0 spiro atoms. The normalized spacial score (nSPS) is 20.6. The van der Waals surface area contributed by atoms with E-state index in [4.69, 9.17) is 0 Å². The van der Waals surface area contributed by atoms with Crippen LogP contribution in [0, 0.1) is 18.3 Å². The van der Waals surface area contributed by atoms with Crippen LogP contribution in [0.5, 0.6) is 0 Å². The van der Waals surface area contributed by atoms with Crippen LogP contribution < -0.4 is 0 Å². The summed E-state index contributed by atoms with van der Waals surface area (Å²) in [4.78, 5) is 0. The topological polar surface area (TPSA) is 20.2 Å². The molecular formula is C15H22O. The maximum Gasteiger partial charge on any atom is 0.0484 e. The molecule has 1 aliphatic rings. The summed E-state index contributed by atoms with van der Waals surface area (Å²) in [5.41, 5.74) is 4.43. The molecule has 1 aromatic carbocycles. The molecule has 1 N–H and O–H groups in total. The minimum absolute atomic E-state index is 0.0581. The summed E-state index contributed by atoms with van der Waals surface area (Å²) in [5.74, 6) is 0.618. The molecule has 16 heavy (non-hydrogen) atoms. The fourth-order valence-corrected chi connectivity index (χ4v) is 2.68. The Kier molecular flexibility index (Phi) is 3.07. The van der Waals surface area contributed by atoms with Gasteiger partial charge in [0.2, 0.25) is 0 Å². The van der Waals surface area contributed by atoms with Crippen LogP contribution in [0.15, 0.2) is 18.2 Å². The summed E-state index contributed by atoms with van der Waals surface area (Å²) >= 11 is 0. The van der Waals surface area contributed by atoms with Crippen LogP contribution in [0.1, 0.15) is 37.0 Å². The number of aliphatic hydroxyl groups excluding tert-OH is 1. The number of benzene rings is 1. The van der Waals surface area contributed by atoms with Gasteiger partial charge in [0.25, 0.3) is 0 Å². The van der Waals surface area contributed by atoms with Crippen molar-refractivity contribution in [3.63, 3.8) is 0 Å². The third kappa shape index (κ3) is 2.15. The van der Waals surface area contributed by atoms with Crippen LogP contribution in [0.25, 0.3) is 0 Å². The van der Waals surface area contributed by atoms with Gasteiger partial charge in [-0.05, 0) is 48.6 Å². The predicted octanol–water partition coefficient (Wildman–Crippen LogP) is 3.12. The van der Waals surface area contributed by atoms with E-state index in [2.05, 4.69) is 39.0 Å². The fraction of sp³-hybridized carbons (Fsp3) is 0.600. The van der Waals surface area contributed by atoms with Gasteiger partial charge in [-0.1, -0.05) is 37.6 Å². The molecular weight excluding hydrogens is 196 g/mol. The van der Waals surface area contributed by atoms with Crippen molar-refractivity contribution in [2.75, 3.05) is 6.61 Å².